The minimum Gasteiger partial charge on any atom is -0.455 e. The summed E-state index contributed by atoms with van der Waals surface area (Å²) in [5, 5.41) is 0.567. The van der Waals surface area contributed by atoms with Gasteiger partial charge in [0.25, 0.3) is 0 Å². The Hall–Kier alpha value is -1.65. The van der Waals surface area contributed by atoms with Gasteiger partial charge in [-0.1, -0.05) is 30.7 Å². The number of hydrogen-bond donors (Lipinski definition) is 1. The third-order valence-corrected chi connectivity index (χ3v) is 3.29. The highest BCUT2D eigenvalue weighted by Crippen LogP contribution is 2.29. The van der Waals surface area contributed by atoms with E-state index in [-0.39, 0.29) is 4.99 Å². The maximum Gasteiger partial charge on any atom is 0.148 e. The van der Waals surface area contributed by atoms with Crippen LogP contribution < -0.4 is 10.5 Å². The highest BCUT2D eigenvalue weighted by Gasteiger charge is 2.11. The number of rotatable bonds is 4. The molecule has 0 spiro atoms. The van der Waals surface area contributed by atoms with Crippen LogP contribution in [0, 0.1) is 6.92 Å². The summed E-state index contributed by atoms with van der Waals surface area (Å²) >= 11 is 11.0. The number of thiocarbonyl (C=S) groups is 1. The zero-order chi connectivity index (χ0) is 14.7. The van der Waals surface area contributed by atoms with E-state index in [2.05, 4.69) is 4.98 Å². The maximum absolute atomic E-state index is 5.96. The van der Waals surface area contributed by atoms with Gasteiger partial charge in [0.05, 0.1) is 11.3 Å². The molecule has 2 rings (SSSR count). The van der Waals surface area contributed by atoms with Crippen LogP contribution in [0.4, 0.5) is 0 Å². The van der Waals surface area contributed by atoms with Crippen molar-refractivity contribution in [1.82, 2.24) is 4.98 Å². The van der Waals surface area contributed by atoms with E-state index in [9.17, 15) is 0 Å². The maximum atomic E-state index is 5.96. The summed E-state index contributed by atoms with van der Waals surface area (Å²) in [7, 11) is 0. The fourth-order valence-electron chi connectivity index (χ4n) is 1.85. The Kier molecular flexibility index (Phi) is 4.57. The first-order valence-electron chi connectivity index (χ1n) is 6.25. The zero-order valence-corrected chi connectivity index (χ0v) is 12.9. The van der Waals surface area contributed by atoms with Crippen molar-refractivity contribution >= 4 is 28.8 Å². The molecule has 2 N–H and O–H groups in total. The molecule has 2 aromatic rings. The number of aryl methyl sites for hydroxylation is 2. The van der Waals surface area contributed by atoms with E-state index in [1.807, 2.05) is 26.0 Å². The van der Waals surface area contributed by atoms with E-state index in [1.54, 1.807) is 18.2 Å². The lowest BCUT2D eigenvalue weighted by Crippen LogP contribution is -2.11. The number of halogens is 1. The lowest BCUT2D eigenvalue weighted by atomic mass is 10.2. The minimum atomic E-state index is 0.251. The van der Waals surface area contributed by atoms with E-state index >= 15 is 0 Å². The van der Waals surface area contributed by atoms with Crippen LogP contribution >= 0.6 is 23.8 Å². The number of aromatic nitrogens is 1. The Morgan fingerprint density at radius 3 is 2.65 bits per heavy atom. The van der Waals surface area contributed by atoms with Gasteiger partial charge in [0.2, 0.25) is 0 Å². The molecule has 0 bridgehead atoms. The number of benzene rings is 1. The predicted octanol–water partition coefficient (Wildman–Crippen LogP) is 4.03. The normalized spacial score (nSPS) is 10.3. The van der Waals surface area contributed by atoms with Crippen molar-refractivity contribution in [3.8, 4) is 11.5 Å². The summed E-state index contributed by atoms with van der Waals surface area (Å²) in [5.74, 6) is 1.29. The van der Waals surface area contributed by atoms with Gasteiger partial charge in [0, 0.05) is 10.7 Å². The summed E-state index contributed by atoms with van der Waals surface area (Å²) in [4.78, 5) is 4.72. The summed E-state index contributed by atoms with van der Waals surface area (Å²) < 4.78 is 5.91. The number of nitrogens with zero attached hydrogens (tertiary/aromatic N) is 1. The SMILES string of the molecule is CCc1nc(C)ccc1Oc1ccc(Cl)cc1C(N)=S. The standard InChI is InChI=1S/C15H15ClN2OS/c1-3-12-14(6-4-9(2)18-12)19-13-7-5-10(16)8-11(13)15(17)20/h4-8H,3H2,1-2H3,(H2,17,20). The van der Waals surface area contributed by atoms with Gasteiger partial charge >= 0.3 is 0 Å². The average Bonchev–Trinajstić information content (AvgIpc) is 2.42. The largest absolute Gasteiger partial charge is 0.455 e. The van der Waals surface area contributed by atoms with Crippen LogP contribution in [0.1, 0.15) is 23.9 Å². The lowest BCUT2D eigenvalue weighted by molar-refractivity contribution is 0.472. The van der Waals surface area contributed by atoms with Gasteiger partial charge in [0.15, 0.2) is 0 Å². The van der Waals surface area contributed by atoms with Crippen LogP contribution in [-0.4, -0.2) is 9.97 Å². The third-order valence-electron chi connectivity index (χ3n) is 2.83. The second-order valence-electron chi connectivity index (χ2n) is 4.36. The smallest absolute Gasteiger partial charge is 0.148 e. The molecule has 104 valence electrons. The first kappa shape index (κ1) is 14.8. The molecule has 3 nitrogen and oxygen atoms in total. The molecule has 0 atom stereocenters. The summed E-state index contributed by atoms with van der Waals surface area (Å²) in [6.45, 7) is 3.98. The monoisotopic (exact) mass is 306 g/mol. The molecule has 20 heavy (non-hydrogen) atoms. The lowest BCUT2D eigenvalue weighted by Gasteiger charge is -2.13. The van der Waals surface area contributed by atoms with Crippen molar-refractivity contribution < 1.29 is 4.74 Å². The molecule has 1 heterocycles. The number of nitrogens with two attached hydrogens (primary N) is 1. The van der Waals surface area contributed by atoms with Gasteiger partial charge in [-0.2, -0.15) is 0 Å². The summed E-state index contributed by atoms with van der Waals surface area (Å²) in [6.07, 6.45) is 0.785. The van der Waals surface area contributed by atoms with E-state index < -0.39 is 0 Å². The van der Waals surface area contributed by atoms with E-state index in [4.69, 9.17) is 34.3 Å². The number of hydrogen-bond acceptors (Lipinski definition) is 3. The number of ether oxygens (including phenoxy) is 1. The minimum absolute atomic E-state index is 0.251. The van der Waals surface area contributed by atoms with Crippen molar-refractivity contribution in [1.29, 1.82) is 0 Å². The Labute approximate surface area is 128 Å². The molecule has 1 aromatic heterocycles. The van der Waals surface area contributed by atoms with Crippen molar-refractivity contribution in [2.24, 2.45) is 5.73 Å². The van der Waals surface area contributed by atoms with Gasteiger partial charge in [-0.25, -0.2) is 0 Å². The van der Waals surface area contributed by atoms with Gasteiger partial charge in [-0.3, -0.25) is 4.98 Å². The van der Waals surface area contributed by atoms with Crippen LogP contribution in [0.15, 0.2) is 30.3 Å². The Balaban J connectivity index is 2.42. The molecule has 0 aliphatic heterocycles. The second-order valence-corrected chi connectivity index (χ2v) is 5.23. The highest BCUT2D eigenvalue weighted by molar-refractivity contribution is 7.80. The molecule has 5 heteroatoms. The second kappa shape index (κ2) is 6.20. The first-order valence-corrected chi connectivity index (χ1v) is 7.03. The molecule has 0 aliphatic carbocycles. The number of pyridine rings is 1. The molecule has 0 saturated heterocycles. The van der Waals surface area contributed by atoms with Crippen molar-refractivity contribution in [3.05, 3.63) is 52.3 Å². The molecular weight excluding hydrogens is 292 g/mol. The molecule has 0 saturated carbocycles. The zero-order valence-electron chi connectivity index (χ0n) is 11.3. The van der Waals surface area contributed by atoms with Crippen molar-refractivity contribution in [3.63, 3.8) is 0 Å². The molecule has 0 aliphatic rings. The Bertz CT molecular complexity index is 658. The molecule has 1 aromatic carbocycles. The average molecular weight is 307 g/mol. The van der Waals surface area contributed by atoms with Crippen molar-refractivity contribution in [2.75, 3.05) is 0 Å². The first-order chi connectivity index (χ1) is 9.51. The van der Waals surface area contributed by atoms with E-state index in [1.165, 1.54) is 0 Å². The Morgan fingerprint density at radius 2 is 2.00 bits per heavy atom. The van der Waals surface area contributed by atoms with Gasteiger partial charge in [0.1, 0.15) is 16.5 Å². The van der Waals surface area contributed by atoms with Crippen LogP contribution in [0.25, 0.3) is 0 Å². The summed E-state index contributed by atoms with van der Waals surface area (Å²) in [6, 6.07) is 9.01. The molecule has 0 amide bonds. The quantitative estimate of drug-likeness (QED) is 0.866. The topological polar surface area (TPSA) is 48.1 Å². The van der Waals surface area contributed by atoms with Gasteiger partial charge in [-0.05, 0) is 43.7 Å². The van der Waals surface area contributed by atoms with Gasteiger partial charge < -0.3 is 10.5 Å². The molecule has 0 fully saturated rings. The third kappa shape index (κ3) is 3.26. The Morgan fingerprint density at radius 1 is 1.30 bits per heavy atom. The molecule has 0 radical (unpaired) electrons. The predicted molar refractivity (Wildman–Crippen MR) is 85.8 cm³/mol. The van der Waals surface area contributed by atoms with Gasteiger partial charge in [-0.15, -0.1) is 0 Å². The van der Waals surface area contributed by atoms with E-state index in [0.717, 1.165) is 17.8 Å². The van der Waals surface area contributed by atoms with E-state index in [0.29, 0.717) is 22.1 Å². The van der Waals surface area contributed by atoms with Crippen LogP contribution in [0.2, 0.25) is 5.02 Å². The highest BCUT2D eigenvalue weighted by atomic mass is 35.5. The molecular formula is C15H15ClN2OS. The molecule has 0 unspecified atom stereocenters. The summed E-state index contributed by atoms with van der Waals surface area (Å²) in [5.41, 5.74) is 8.18. The van der Waals surface area contributed by atoms with Crippen LogP contribution in [-0.2, 0) is 6.42 Å². The fourth-order valence-corrected chi connectivity index (χ4v) is 2.18. The van der Waals surface area contributed by atoms with Crippen LogP contribution in [0.5, 0.6) is 11.5 Å². The van der Waals surface area contributed by atoms with Crippen LogP contribution in [0.3, 0.4) is 0 Å². The fraction of sp³-hybridized carbons (Fsp3) is 0.200. The van der Waals surface area contributed by atoms with Crippen molar-refractivity contribution in [2.45, 2.75) is 20.3 Å².